The maximum Gasteiger partial charge on any atom is 0.281 e. The Morgan fingerprint density at radius 3 is 2.67 bits per heavy atom. The monoisotopic (exact) mass is 362 g/mol. The lowest BCUT2D eigenvalue weighted by atomic mass is 10.1. The van der Waals surface area contributed by atoms with Gasteiger partial charge in [0.25, 0.3) is 5.56 Å². The van der Waals surface area contributed by atoms with Gasteiger partial charge in [-0.2, -0.15) is 5.26 Å². The van der Waals surface area contributed by atoms with Gasteiger partial charge in [0.2, 0.25) is 5.88 Å². The van der Waals surface area contributed by atoms with Gasteiger partial charge in [-0.1, -0.05) is 36.4 Å². The summed E-state index contributed by atoms with van der Waals surface area (Å²) in [5.41, 5.74) is 0.399. The van der Waals surface area contributed by atoms with E-state index in [2.05, 4.69) is 10.2 Å². The zero-order valence-corrected chi connectivity index (χ0v) is 15.0. The van der Waals surface area contributed by atoms with Crippen LogP contribution in [0.5, 0.6) is 5.88 Å². The number of aromatic hydroxyl groups is 1. The normalized spacial score (nSPS) is 11.1. The number of hydrogen-bond acceptors (Lipinski definition) is 6. The molecular weight excluding hydrogens is 344 g/mol. The van der Waals surface area contributed by atoms with Crippen LogP contribution in [0.2, 0.25) is 0 Å². The number of nitriles is 1. The van der Waals surface area contributed by atoms with Crippen LogP contribution >= 0.6 is 0 Å². The van der Waals surface area contributed by atoms with E-state index in [9.17, 15) is 15.2 Å². The van der Waals surface area contributed by atoms with Gasteiger partial charge in [-0.05, 0) is 18.4 Å². The summed E-state index contributed by atoms with van der Waals surface area (Å²) in [6.07, 6.45) is 0. The van der Waals surface area contributed by atoms with E-state index in [0.717, 1.165) is 15.3 Å². The third-order valence-electron chi connectivity index (χ3n) is 4.31. The van der Waals surface area contributed by atoms with Crippen LogP contribution in [0, 0.1) is 18.3 Å². The molecule has 0 aliphatic heterocycles. The Morgan fingerprint density at radius 2 is 1.93 bits per heavy atom. The van der Waals surface area contributed by atoms with E-state index in [-0.39, 0.29) is 35.8 Å². The average Bonchev–Trinajstić information content (AvgIpc) is 2.68. The number of hydrogen-bond donors (Lipinski definition) is 1. The van der Waals surface area contributed by atoms with E-state index in [1.54, 1.807) is 13.0 Å². The molecule has 27 heavy (non-hydrogen) atoms. The number of fused-ring (bicyclic) bond motifs is 1. The van der Waals surface area contributed by atoms with Gasteiger partial charge in [0, 0.05) is 18.1 Å². The Morgan fingerprint density at radius 1 is 1.19 bits per heavy atom. The molecule has 0 bridgehead atoms. The maximum atomic E-state index is 12.8. The summed E-state index contributed by atoms with van der Waals surface area (Å²) in [4.78, 5) is 12.8. The van der Waals surface area contributed by atoms with Crippen LogP contribution in [0.25, 0.3) is 10.8 Å². The zero-order chi connectivity index (χ0) is 19.4. The third kappa shape index (κ3) is 3.43. The smallest absolute Gasteiger partial charge is 0.281 e. The Balaban J connectivity index is 2.15. The van der Waals surface area contributed by atoms with Crippen LogP contribution in [-0.4, -0.2) is 23.4 Å². The summed E-state index contributed by atoms with van der Waals surface area (Å²) in [5.74, 6) is -0.388. The van der Waals surface area contributed by atoms with Gasteiger partial charge >= 0.3 is 0 Å². The summed E-state index contributed by atoms with van der Waals surface area (Å²) >= 11 is 0. The molecule has 0 unspecified atom stereocenters. The van der Waals surface area contributed by atoms with Crippen molar-refractivity contribution in [2.75, 3.05) is 13.7 Å². The molecule has 3 rings (SSSR count). The van der Waals surface area contributed by atoms with Gasteiger partial charge in [-0.25, -0.2) is 0 Å². The number of methoxy groups -OCH3 is 1. The van der Waals surface area contributed by atoms with Crippen LogP contribution in [0.3, 0.4) is 0 Å². The van der Waals surface area contributed by atoms with Crippen LogP contribution in [0.4, 0.5) is 11.4 Å². The number of azo groups is 1. The number of rotatable bonds is 5. The largest absolute Gasteiger partial charge is 0.493 e. The number of aromatic nitrogens is 1. The summed E-state index contributed by atoms with van der Waals surface area (Å²) in [6.45, 7) is 1.88. The van der Waals surface area contributed by atoms with E-state index >= 15 is 0 Å². The van der Waals surface area contributed by atoms with Gasteiger partial charge < -0.3 is 9.84 Å². The number of ether oxygens (including phenoxy) is 1. The van der Waals surface area contributed by atoms with Crippen molar-refractivity contribution in [3.8, 4) is 11.9 Å². The van der Waals surface area contributed by atoms with Crippen molar-refractivity contribution < 1.29 is 9.84 Å². The van der Waals surface area contributed by atoms with Gasteiger partial charge in [-0.3, -0.25) is 9.36 Å². The summed E-state index contributed by atoms with van der Waals surface area (Å²) in [6, 6.07) is 15.3. The van der Waals surface area contributed by atoms with Crippen molar-refractivity contribution in [3.63, 3.8) is 0 Å². The van der Waals surface area contributed by atoms with Gasteiger partial charge in [-0.15, -0.1) is 10.2 Å². The lowest BCUT2D eigenvalue weighted by Gasteiger charge is -2.12. The predicted molar refractivity (Wildman–Crippen MR) is 102 cm³/mol. The molecule has 2 aromatic carbocycles. The first kappa shape index (κ1) is 18.3. The van der Waals surface area contributed by atoms with E-state index in [1.807, 2.05) is 42.5 Å². The van der Waals surface area contributed by atoms with Gasteiger partial charge in [0.1, 0.15) is 11.6 Å². The number of nitrogens with zero attached hydrogens (tertiary/aromatic N) is 4. The van der Waals surface area contributed by atoms with Crippen molar-refractivity contribution in [2.24, 2.45) is 10.2 Å². The van der Waals surface area contributed by atoms with Crippen molar-refractivity contribution in [1.29, 1.82) is 5.26 Å². The van der Waals surface area contributed by atoms with Crippen molar-refractivity contribution >= 4 is 22.1 Å². The second-order valence-electron chi connectivity index (χ2n) is 5.93. The molecule has 0 aliphatic rings. The molecule has 1 aromatic heterocycles. The second-order valence-corrected chi connectivity index (χ2v) is 5.93. The Kier molecular flexibility index (Phi) is 5.29. The van der Waals surface area contributed by atoms with Crippen LogP contribution in [-0.2, 0) is 11.3 Å². The molecule has 136 valence electrons. The standard InChI is InChI=1S/C20H18N4O3/c1-13-16(12-21)19(25)24(10-11-27-2)20(26)18(13)23-22-17-9-5-7-14-6-3-4-8-15(14)17/h3-9,25H,10-11H2,1-2H3. The Hall–Kier alpha value is -3.50. The van der Waals surface area contributed by atoms with E-state index in [0.29, 0.717) is 5.69 Å². The van der Waals surface area contributed by atoms with E-state index < -0.39 is 5.56 Å². The Labute approximate surface area is 155 Å². The fourth-order valence-corrected chi connectivity index (χ4v) is 2.85. The molecule has 0 spiro atoms. The fraction of sp³-hybridized carbons (Fsp3) is 0.200. The Bertz CT molecular complexity index is 1120. The first-order valence-corrected chi connectivity index (χ1v) is 8.33. The van der Waals surface area contributed by atoms with E-state index in [4.69, 9.17) is 4.74 Å². The molecule has 0 atom stereocenters. The molecule has 3 aromatic rings. The highest BCUT2D eigenvalue weighted by Gasteiger charge is 2.19. The first-order valence-electron chi connectivity index (χ1n) is 8.33. The van der Waals surface area contributed by atoms with Crippen LogP contribution in [0.1, 0.15) is 11.1 Å². The molecule has 0 saturated heterocycles. The molecule has 0 amide bonds. The molecule has 1 N–H and O–H groups in total. The number of pyridine rings is 1. The average molecular weight is 362 g/mol. The van der Waals surface area contributed by atoms with Crippen LogP contribution < -0.4 is 5.56 Å². The molecule has 0 aliphatic carbocycles. The highest BCUT2D eigenvalue weighted by molar-refractivity contribution is 5.92. The predicted octanol–water partition coefficient (Wildman–Crippen LogP) is 3.95. The minimum absolute atomic E-state index is 0.00225. The number of benzene rings is 2. The highest BCUT2D eigenvalue weighted by atomic mass is 16.5. The second kappa shape index (κ2) is 7.81. The van der Waals surface area contributed by atoms with Crippen molar-refractivity contribution in [1.82, 2.24) is 4.57 Å². The molecule has 0 radical (unpaired) electrons. The minimum atomic E-state index is -0.523. The molecule has 0 fully saturated rings. The van der Waals surface area contributed by atoms with Crippen molar-refractivity contribution in [3.05, 3.63) is 63.9 Å². The summed E-state index contributed by atoms with van der Waals surface area (Å²) < 4.78 is 6.04. The summed E-state index contributed by atoms with van der Waals surface area (Å²) in [5, 5.41) is 29.9. The lowest BCUT2D eigenvalue weighted by Crippen LogP contribution is -2.23. The topological polar surface area (TPSA) is 100.0 Å². The maximum absolute atomic E-state index is 12.8. The first-order chi connectivity index (χ1) is 13.1. The molecule has 7 heteroatoms. The van der Waals surface area contributed by atoms with Gasteiger partial charge in [0.15, 0.2) is 5.69 Å². The van der Waals surface area contributed by atoms with E-state index in [1.165, 1.54) is 7.11 Å². The fourth-order valence-electron chi connectivity index (χ4n) is 2.85. The third-order valence-corrected chi connectivity index (χ3v) is 4.31. The summed E-state index contributed by atoms with van der Waals surface area (Å²) in [7, 11) is 1.49. The lowest BCUT2D eigenvalue weighted by molar-refractivity contribution is 0.182. The van der Waals surface area contributed by atoms with Gasteiger partial charge in [0.05, 0.1) is 18.8 Å². The SMILES string of the molecule is COCCn1c(O)c(C#N)c(C)c(N=Nc2cccc3ccccc23)c1=O. The highest BCUT2D eigenvalue weighted by Crippen LogP contribution is 2.29. The molecule has 1 heterocycles. The van der Waals surface area contributed by atoms with Crippen molar-refractivity contribution in [2.45, 2.75) is 13.5 Å². The molecular formula is C20H18N4O3. The zero-order valence-electron chi connectivity index (χ0n) is 15.0. The molecule has 0 saturated carbocycles. The minimum Gasteiger partial charge on any atom is -0.493 e. The van der Waals surface area contributed by atoms with Crippen LogP contribution in [0.15, 0.2) is 57.5 Å². The quantitative estimate of drug-likeness (QED) is 0.695. The molecule has 7 nitrogen and oxygen atoms in total.